The van der Waals surface area contributed by atoms with E-state index in [2.05, 4.69) is 15.3 Å². The molecule has 1 rings (SSSR count). The number of nitrogens with zero attached hydrogens (tertiary/aromatic N) is 2. The molecule has 0 saturated heterocycles. The molecule has 2 N–H and O–H groups in total. The van der Waals surface area contributed by atoms with E-state index in [0.29, 0.717) is 18.4 Å². The molecule has 0 saturated carbocycles. The number of carboxylic acids is 1. The monoisotopic (exact) mass is 253 g/mol. The number of ether oxygens (including phenoxy) is 1. The summed E-state index contributed by atoms with van der Waals surface area (Å²) in [5.74, 6) is -0.404. The predicted molar refractivity (Wildman–Crippen MR) is 67.8 cm³/mol. The second kappa shape index (κ2) is 6.18. The highest BCUT2D eigenvalue weighted by Crippen LogP contribution is 2.14. The first kappa shape index (κ1) is 14.2. The Labute approximate surface area is 106 Å². The zero-order valence-electron chi connectivity index (χ0n) is 11.1. The molecule has 6 heteroatoms. The van der Waals surface area contributed by atoms with Crippen LogP contribution in [0.15, 0.2) is 6.07 Å². The fourth-order valence-electron chi connectivity index (χ4n) is 1.53. The zero-order chi connectivity index (χ0) is 13.7. The molecule has 1 atom stereocenters. The van der Waals surface area contributed by atoms with Gasteiger partial charge in [-0.25, -0.2) is 4.98 Å². The summed E-state index contributed by atoms with van der Waals surface area (Å²) in [5.41, 5.74) is 0.765. The van der Waals surface area contributed by atoms with Crippen LogP contribution in [0.25, 0.3) is 0 Å². The maximum atomic E-state index is 11.0. The molecule has 1 aromatic heterocycles. The smallest absolute Gasteiger partial charge is 0.308 e. The van der Waals surface area contributed by atoms with Gasteiger partial charge in [0.25, 0.3) is 0 Å². The Balaban J connectivity index is 2.73. The van der Waals surface area contributed by atoms with E-state index in [0.717, 1.165) is 5.69 Å². The van der Waals surface area contributed by atoms with Gasteiger partial charge in [-0.3, -0.25) is 4.79 Å². The van der Waals surface area contributed by atoms with Crippen LogP contribution in [0.1, 0.15) is 19.5 Å². The van der Waals surface area contributed by atoms with Crippen molar-refractivity contribution >= 4 is 11.9 Å². The lowest BCUT2D eigenvalue weighted by molar-refractivity contribution is -0.142. The maximum absolute atomic E-state index is 11.0. The van der Waals surface area contributed by atoms with Gasteiger partial charge in [-0.1, -0.05) is 13.8 Å². The minimum atomic E-state index is -0.822. The SMILES string of the molecule is COc1cc(C)nc(NCC(C(=O)O)C(C)C)n1. The van der Waals surface area contributed by atoms with Crippen LogP contribution in [0, 0.1) is 18.8 Å². The molecule has 0 radical (unpaired) electrons. The Hall–Kier alpha value is -1.85. The van der Waals surface area contributed by atoms with Crippen LogP contribution in [-0.2, 0) is 4.79 Å². The van der Waals surface area contributed by atoms with Crippen LogP contribution in [-0.4, -0.2) is 34.7 Å². The number of nitrogens with one attached hydrogen (secondary N) is 1. The number of hydrogen-bond donors (Lipinski definition) is 2. The zero-order valence-corrected chi connectivity index (χ0v) is 11.1. The topological polar surface area (TPSA) is 84.3 Å². The Kier molecular flexibility index (Phi) is 4.88. The summed E-state index contributed by atoms with van der Waals surface area (Å²) < 4.78 is 5.03. The first-order valence-electron chi connectivity index (χ1n) is 5.80. The Morgan fingerprint density at radius 3 is 2.67 bits per heavy atom. The van der Waals surface area contributed by atoms with Gasteiger partial charge < -0.3 is 15.2 Å². The van der Waals surface area contributed by atoms with Gasteiger partial charge in [0.05, 0.1) is 13.0 Å². The Morgan fingerprint density at radius 2 is 2.17 bits per heavy atom. The van der Waals surface area contributed by atoms with Crippen molar-refractivity contribution in [1.29, 1.82) is 0 Å². The number of rotatable bonds is 6. The number of aryl methyl sites for hydroxylation is 1. The summed E-state index contributed by atoms with van der Waals surface area (Å²) in [5, 5.41) is 12.0. The van der Waals surface area contributed by atoms with Crippen LogP contribution >= 0.6 is 0 Å². The van der Waals surface area contributed by atoms with E-state index in [1.54, 1.807) is 6.07 Å². The molecule has 100 valence electrons. The van der Waals surface area contributed by atoms with Crippen LogP contribution in [0.5, 0.6) is 5.88 Å². The summed E-state index contributed by atoms with van der Waals surface area (Å²) in [4.78, 5) is 19.3. The minimum Gasteiger partial charge on any atom is -0.481 e. The first-order chi connectivity index (χ1) is 8.43. The van der Waals surface area contributed by atoms with Gasteiger partial charge in [-0.15, -0.1) is 0 Å². The molecule has 0 bridgehead atoms. The molecule has 0 aliphatic rings. The van der Waals surface area contributed by atoms with E-state index in [-0.39, 0.29) is 5.92 Å². The van der Waals surface area contributed by atoms with Crippen molar-refractivity contribution in [3.63, 3.8) is 0 Å². The van der Waals surface area contributed by atoms with Gasteiger partial charge in [-0.2, -0.15) is 4.98 Å². The lowest BCUT2D eigenvalue weighted by Gasteiger charge is -2.16. The van der Waals surface area contributed by atoms with Crippen molar-refractivity contribution < 1.29 is 14.6 Å². The number of carbonyl (C=O) groups is 1. The van der Waals surface area contributed by atoms with Gasteiger partial charge in [0, 0.05) is 18.3 Å². The summed E-state index contributed by atoms with van der Waals surface area (Å²) in [6.45, 7) is 5.86. The fourth-order valence-corrected chi connectivity index (χ4v) is 1.53. The number of methoxy groups -OCH3 is 1. The van der Waals surface area contributed by atoms with E-state index < -0.39 is 11.9 Å². The van der Waals surface area contributed by atoms with Crippen LogP contribution < -0.4 is 10.1 Å². The number of anilines is 1. The lowest BCUT2D eigenvalue weighted by atomic mass is 9.96. The summed E-state index contributed by atoms with van der Waals surface area (Å²) in [6.07, 6.45) is 0. The van der Waals surface area contributed by atoms with Crippen molar-refractivity contribution in [2.45, 2.75) is 20.8 Å². The second-order valence-corrected chi connectivity index (χ2v) is 4.44. The largest absolute Gasteiger partial charge is 0.481 e. The summed E-state index contributed by atoms with van der Waals surface area (Å²) in [6, 6.07) is 1.71. The highest BCUT2D eigenvalue weighted by atomic mass is 16.5. The third-order valence-electron chi connectivity index (χ3n) is 2.64. The quantitative estimate of drug-likeness (QED) is 0.800. The van der Waals surface area contributed by atoms with Gasteiger partial charge in [0.2, 0.25) is 11.8 Å². The normalized spacial score (nSPS) is 12.3. The number of hydrogen-bond acceptors (Lipinski definition) is 5. The van der Waals surface area contributed by atoms with Gasteiger partial charge in [0.1, 0.15) is 0 Å². The molecular formula is C12H19N3O3. The third-order valence-corrected chi connectivity index (χ3v) is 2.64. The molecular weight excluding hydrogens is 234 g/mol. The molecule has 1 heterocycles. The molecule has 0 fully saturated rings. The Bertz CT molecular complexity index is 421. The molecule has 18 heavy (non-hydrogen) atoms. The molecule has 6 nitrogen and oxygen atoms in total. The summed E-state index contributed by atoms with van der Waals surface area (Å²) >= 11 is 0. The standard InChI is InChI=1S/C12H19N3O3/c1-7(2)9(11(16)17)6-13-12-14-8(3)5-10(15-12)18-4/h5,7,9H,6H2,1-4H3,(H,16,17)(H,13,14,15). The van der Waals surface area contributed by atoms with Crippen molar-refractivity contribution in [3.05, 3.63) is 11.8 Å². The fraction of sp³-hybridized carbons (Fsp3) is 0.583. The average molecular weight is 253 g/mol. The number of carboxylic acid groups (broad SMARTS) is 1. The van der Waals surface area contributed by atoms with Crippen molar-refractivity contribution in [1.82, 2.24) is 9.97 Å². The highest BCUT2D eigenvalue weighted by molar-refractivity contribution is 5.71. The maximum Gasteiger partial charge on any atom is 0.308 e. The average Bonchev–Trinajstić information content (AvgIpc) is 2.27. The molecule has 1 unspecified atom stereocenters. The third kappa shape index (κ3) is 3.87. The summed E-state index contributed by atoms with van der Waals surface area (Å²) in [7, 11) is 1.53. The number of aliphatic carboxylic acids is 1. The Morgan fingerprint density at radius 1 is 1.50 bits per heavy atom. The molecule has 0 aliphatic heterocycles. The van der Waals surface area contributed by atoms with Crippen LogP contribution in [0.2, 0.25) is 0 Å². The molecule has 0 aliphatic carbocycles. The van der Waals surface area contributed by atoms with Crippen molar-refractivity contribution in [2.24, 2.45) is 11.8 Å². The van der Waals surface area contributed by atoms with Gasteiger partial charge >= 0.3 is 5.97 Å². The van der Waals surface area contributed by atoms with Crippen molar-refractivity contribution in [3.8, 4) is 5.88 Å². The van der Waals surface area contributed by atoms with Gasteiger partial charge in [-0.05, 0) is 12.8 Å². The number of aromatic nitrogens is 2. The molecule has 0 amide bonds. The van der Waals surface area contributed by atoms with Gasteiger partial charge in [0.15, 0.2) is 0 Å². The lowest BCUT2D eigenvalue weighted by Crippen LogP contribution is -2.28. The van der Waals surface area contributed by atoms with Crippen LogP contribution in [0.4, 0.5) is 5.95 Å². The van der Waals surface area contributed by atoms with E-state index in [1.807, 2.05) is 20.8 Å². The predicted octanol–water partition coefficient (Wildman–Crippen LogP) is 1.56. The van der Waals surface area contributed by atoms with Crippen LogP contribution in [0.3, 0.4) is 0 Å². The van der Waals surface area contributed by atoms with E-state index in [9.17, 15) is 4.79 Å². The van der Waals surface area contributed by atoms with E-state index in [4.69, 9.17) is 9.84 Å². The molecule has 0 aromatic carbocycles. The highest BCUT2D eigenvalue weighted by Gasteiger charge is 2.21. The van der Waals surface area contributed by atoms with E-state index in [1.165, 1.54) is 7.11 Å². The first-order valence-corrected chi connectivity index (χ1v) is 5.80. The van der Waals surface area contributed by atoms with E-state index >= 15 is 0 Å². The second-order valence-electron chi connectivity index (χ2n) is 4.44. The molecule has 0 spiro atoms. The van der Waals surface area contributed by atoms with Crippen molar-refractivity contribution in [2.75, 3.05) is 19.0 Å². The minimum absolute atomic E-state index is 0.0432. The molecule has 1 aromatic rings.